The van der Waals surface area contributed by atoms with Crippen molar-refractivity contribution in [1.29, 1.82) is 0 Å². The lowest BCUT2D eigenvalue weighted by molar-refractivity contribution is 0.0540. The van der Waals surface area contributed by atoms with Gasteiger partial charge in [-0.15, -0.1) is 0 Å². The zero-order valence-electron chi connectivity index (χ0n) is 20.3. The number of likely N-dealkylation sites (tertiary alicyclic amines) is 1. The second-order valence-corrected chi connectivity index (χ2v) is 9.06. The molecule has 0 atom stereocenters. The van der Waals surface area contributed by atoms with Crippen LogP contribution in [-0.4, -0.2) is 59.7 Å². The van der Waals surface area contributed by atoms with Crippen molar-refractivity contribution in [3.63, 3.8) is 0 Å². The van der Waals surface area contributed by atoms with E-state index in [0.29, 0.717) is 29.2 Å². The number of amides is 1. The van der Waals surface area contributed by atoms with Crippen molar-refractivity contribution in [2.45, 2.75) is 32.0 Å². The normalized spacial score (nSPS) is 15.5. The minimum absolute atomic E-state index is 0.0194. The highest BCUT2D eigenvalue weighted by Gasteiger charge is 2.30. The molecule has 2 aromatic carbocycles. The van der Waals surface area contributed by atoms with Crippen molar-refractivity contribution in [2.24, 2.45) is 0 Å². The summed E-state index contributed by atoms with van der Waals surface area (Å²) < 4.78 is 15.7. The third kappa shape index (κ3) is 5.33. The van der Waals surface area contributed by atoms with E-state index in [1.807, 2.05) is 35.4 Å². The molecule has 0 aliphatic carbocycles. The van der Waals surface area contributed by atoms with Crippen LogP contribution < -0.4 is 9.47 Å². The molecule has 2 aliphatic rings. The largest absolute Gasteiger partial charge is 0.465 e. The summed E-state index contributed by atoms with van der Waals surface area (Å²) in [4.78, 5) is 34.0. The summed E-state index contributed by atoms with van der Waals surface area (Å²) in [5.41, 5.74) is 3.29. The predicted octanol–water partition coefficient (Wildman–Crippen LogP) is 3.90. The average molecular weight is 488 g/mol. The maximum absolute atomic E-state index is 13.7. The Kier molecular flexibility index (Phi) is 7.13. The van der Waals surface area contributed by atoms with Crippen molar-refractivity contribution in [1.82, 2.24) is 14.8 Å². The number of methoxy groups -OCH3 is 1. The Morgan fingerprint density at radius 1 is 1.00 bits per heavy atom. The molecule has 0 radical (unpaired) electrons. The number of nitrogens with zero attached hydrogens (tertiary/aromatic N) is 3. The second-order valence-electron chi connectivity index (χ2n) is 9.06. The Morgan fingerprint density at radius 3 is 2.47 bits per heavy atom. The van der Waals surface area contributed by atoms with E-state index >= 15 is 0 Å². The molecular weight excluding hydrogens is 458 g/mol. The number of fused-ring (bicyclic) bond motifs is 1. The zero-order valence-corrected chi connectivity index (χ0v) is 20.3. The molecule has 0 saturated carbocycles. The van der Waals surface area contributed by atoms with Crippen molar-refractivity contribution in [3.05, 3.63) is 89.2 Å². The van der Waals surface area contributed by atoms with Gasteiger partial charge in [0.15, 0.2) is 11.5 Å². The van der Waals surface area contributed by atoms with Crippen molar-refractivity contribution in [3.8, 4) is 11.5 Å². The topological polar surface area (TPSA) is 81.2 Å². The fraction of sp³-hybridized carbons (Fsp3) is 0.321. The molecule has 1 aromatic heterocycles. The molecule has 8 heteroatoms. The number of pyridine rings is 1. The quantitative estimate of drug-likeness (QED) is 0.468. The highest BCUT2D eigenvalue weighted by molar-refractivity contribution is 5.95. The molecule has 186 valence electrons. The molecule has 3 aromatic rings. The standard InChI is InChI=1S/C28H29N3O5/c1-34-28(33)22-6-4-20(5-7-22)17-30-13-10-24(11-14-30)31(18-21-3-2-12-29-16-21)27(32)23-8-9-25-26(15-23)36-19-35-25/h2-9,12,15-16,24H,10-11,13-14,17-19H2,1H3. The summed E-state index contributed by atoms with van der Waals surface area (Å²) in [6.07, 6.45) is 5.30. The number of carbonyl (C=O) groups is 2. The van der Waals surface area contributed by atoms with Crippen LogP contribution in [0.5, 0.6) is 11.5 Å². The fourth-order valence-corrected chi connectivity index (χ4v) is 4.76. The Hall–Kier alpha value is -3.91. The van der Waals surface area contributed by atoms with Crippen LogP contribution >= 0.6 is 0 Å². The van der Waals surface area contributed by atoms with E-state index in [0.717, 1.165) is 43.6 Å². The van der Waals surface area contributed by atoms with E-state index < -0.39 is 0 Å². The molecule has 5 rings (SSSR count). The van der Waals surface area contributed by atoms with E-state index in [1.165, 1.54) is 7.11 Å². The predicted molar refractivity (Wildman–Crippen MR) is 133 cm³/mol. The van der Waals surface area contributed by atoms with Gasteiger partial charge in [0.25, 0.3) is 5.91 Å². The van der Waals surface area contributed by atoms with Gasteiger partial charge >= 0.3 is 5.97 Å². The van der Waals surface area contributed by atoms with Crippen LogP contribution in [0.25, 0.3) is 0 Å². The monoisotopic (exact) mass is 487 g/mol. The summed E-state index contributed by atoms with van der Waals surface area (Å²) in [6, 6.07) is 16.9. The van der Waals surface area contributed by atoms with Gasteiger partial charge in [0, 0.05) is 50.2 Å². The third-order valence-corrected chi connectivity index (χ3v) is 6.74. The SMILES string of the molecule is COC(=O)c1ccc(CN2CCC(N(Cc3cccnc3)C(=O)c3ccc4c(c3)OCO4)CC2)cc1. The van der Waals surface area contributed by atoms with Crippen LogP contribution in [0.15, 0.2) is 67.0 Å². The molecule has 0 bridgehead atoms. The van der Waals surface area contributed by atoms with E-state index in [-0.39, 0.29) is 24.7 Å². The molecule has 1 saturated heterocycles. The Morgan fingerprint density at radius 2 is 1.75 bits per heavy atom. The maximum atomic E-state index is 13.7. The summed E-state index contributed by atoms with van der Waals surface area (Å²) in [6.45, 7) is 3.23. The molecule has 2 aliphatic heterocycles. The number of carbonyl (C=O) groups excluding carboxylic acids is 2. The lowest BCUT2D eigenvalue weighted by Gasteiger charge is -2.38. The smallest absolute Gasteiger partial charge is 0.337 e. The molecule has 0 spiro atoms. The lowest BCUT2D eigenvalue weighted by atomic mass is 10.00. The van der Waals surface area contributed by atoms with Crippen LogP contribution in [0, 0.1) is 0 Å². The van der Waals surface area contributed by atoms with E-state index in [1.54, 1.807) is 36.5 Å². The highest BCUT2D eigenvalue weighted by Crippen LogP contribution is 2.33. The van der Waals surface area contributed by atoms with Crippen LogP contribution in [0.3, 0.4) is 0 Å². The molecule has 36 heavy (non-hydrogen) atoms. The summed E-state index contributed by atoms with van der Waals surface area (Å²) in [5.74, 6) is 0.922. The van der Waals surface area contributed by atoms with Gasteiger partial charge in [-0.25, -0.2) is 4.79 Å². The number of esters is 1. The van der Waals surface area contributed by atoms with Gasteiger partial charge < -0.3 is 19.1 Å². The average Bonchev–Trinajstić information content (AvgIpc) is 3.41. The minimum atomic E-state index is -0.330. The van der Waals surface area contributed by atoms with Crippen molar-refractivity contribution in [2.75, 3.05) is 27.0 Å². The van der Waals surface area contributed by atoms with Crippen LogP contribution in [-0.2, 0) is 17.8 Å². The zero-order chi connectivity index (χ0) is 24.9. The third-order valence-electron chi connectivity index (χ3n) is 6.74. The van der Waals surface area contributed by atoms with Gasteiger partial charge in [0.1, 0.15) is 0 Å². The number of hydrogen-bond acceptors (Lipinski definition) is 7. The molecule has 0 unspecified atom stereocenters. The van der Waals surface area contributed by atoms with Crippen LogP contribution in [0.4, 0.5) is 0 Å². The maximum Gasteiger partial charge on any atom is 0.337 e. The Bertz CT molecular complexity index is 1210. The first-order valence-corrected chi connectivity index (χ1v) is 12.1. The molecular formula is C28H29N3O5. The van der Waals surface area contributed by atoms with E-state index in [9.17, 15) is 9.59 Å². The highest BCUT2D eigenvalue weighted by atomic mass is 16.7. The van der Waals surface area contributed by atoms with Gasteiger partial charge in [0.05, 0.1) is 12.7 Å². The van der Waals surface area contributed by atoms with E-state index in [2.05, 4.69) is 9.88 Å². The number of benzene rings is 2. The molecule has 1 amide bonds. The Balaban J connectivity index is 1.27. The van der Waals surface area contributed by atoms with Gasteiger partial charge in [-0.2, -0.15) is 0 Å². The van der Waals surface area contributed by atoms with Crippen LogP contribution in [0.2, 0.25) is 0 Å². The second kappa shape index (κ2) is 10.8. The summed E-state index contributed by atoms with van der Waals surface area (Å²) in [7, 11) is 1.38. The van der Waals surface area contributed by atoms with E-state index in [4.69, 9.17) is 14.2 Å². The molecule has 0 N–H and O–H groups in total. The first-order chi connectivity index (χ1) is 17.6. The minimum Gasteiger partial charge on any atom is -0.465 e. The summed E-state index contributed by atoms with van der Waals surface area (Å²) in [5, 5.41) is 0. The number of aromatic nitrogens is 1. The van der Waals surface area contributed by atoms with Crippen molar-refractivity contribution >= 4 is 11.9 Å². The number of piperidine rings is 1. The first-order valence-electron chi connectivity index (χ1n) is 12.1. The van der Waals surface area contributed by atoms with Gasteiger partial charge in [-0.3, -0.25) is 14.7 Å². The van der Waals surface area contributed by atoms with Gasteiger partial charge in [-0.1, -0.05) is 18.2 Å². The number of ether oxygens (including phenoxy) is 3. The molecule has 8 nitrogen and oxygen atoms in total. The molecule has 3 heterocycles. The van der Waals surface area contributed by atoms with Crippen molar-refractivity contribution < 1.29 is 23.8 Å². The fourth-order valence-electron chi connectivity index (χ4n) is 4.76. The lowest BCUT2D eigenvalue weighted by Crippen LogP contribution is -2.46. The number of hydrogen-bond donors (Lipinski definition) is 0. The number of rotatable bonds is 7. The summed E-state index contributed by atoms with van der Waals surface area (Å²) >= 11 is 0. The first kappa shape index (κ1) is 23.8. The van der Waals surface area contributed by atoms with Crippen LogP contribution in [0.1, 0.15) is 44.7 Å². The Labute approximate surface area is 210 Å². The van der Waals surface area contributed by atoms with Gasteiger partial charge in [-0.05, 0) is 60.4 Å². The molecule has 1 fully saturated rings. The van der Waals surface area contributed by atoms with Gasteiger partial charge in [0.2, 0.25) is 6.79 Å².